The van der Waals surface area contributed by atoms with Gasteiger partial charge in [-0.1, -0.05) is 18.2 Å². The monoisotopic (exact) mass is 389 g/mol. The summed E-state index contributed by atoms with van der Waals surface area (Å²) in [7, 11) is 0. The number of nitrogens with two attached hydrogens (primary N) is 1. The molecule has 2 aliphatic heterocycles. The highest BCUT2D eigenvalue weighted by Crippen LogP contribution is 2.39. The number of hydrogen-bond acceptors (Lipinski definition) is 4. The van der Waals surface area contributed by atoms with E-state index in [0.29, 0.717) is 32.5 Å². The van der Waals surface area contributed by atoms with E-state index in [1.807, 2.05) is 19.2 Å². The number of carbonyl (C=O) groups excluding carboxylic acids is 1. The van der Waals surface area contributed by atoms with Gasteiger partial charge >= 0.3 is 6.03 Å². The molecule has 1 saturated heterocycles. The Balaban J connectivity index is 1.40. The van der Waals surface area contributed by atoms with Gasteiger partial charge in [-0.3, -0.25) is 4.98 Å². The molecule has 6 nitrogen and oxygen atoms in total. The Labute approximate surface area is 169 Å². The number of carbonyl (C=O) groups is 1. The number of nitrogens with zero attached hydrogens (tertiary/aromatic N) is 2. The lowest BCUT2D eigenvalue weighted by atomic mass is 9.98. The molecule has 6 heteroatoms. The van der Waals surface area contributed by atoms with Crippen LogP contribution in [0.2, 0.25) is 0 Å². The van der Waals surface area contributed by atoms with Gasteiger partial charge in [-0.15, -0.1) is 0 Å². The molecule has 1 aromatic heterocycles. The van der Waals surface area contributed by atoms with Crippen LogP contribution in [0, 0.1) is 6.92 Å². The molecule has 0 saturated carbocycles. The molecule has 2 N–H and O–H groups in total. The molecule has 2 aromatic carbocycles. The van der Waals surface area contributed by atoms with Gasteiger partial charge in [0.2, 0.25) is 5.79 Å². The van der Waals surface area contributed by atoms with E-state index < -0.39 is 5.79 Å². The Hall–Kier alpha value is -3.12. The van der Waals surface area contributed by atoms with E-state index in [9.17, 15) is 4.79 Å². The fourth-order valence-corrected chi connectivity index (χ4v) is 4.16. The number of piperidine rings is 1. The van der Waals surface area contributed by atoms with Crippen molar-refractivity contribution in [2.75, 3.05) is 13.1 Å². The molecule has 1 spiro atoms. The van der Waals surface area contributed by atoms with Gasteiger partial charge in [0.1, 0.15) is 5.75 Å². The average Bonchev–Trinajstić information content (AvgIpc) is 2.73. The molecule has 0 bridgehead atoms. The zero-order valence-electron chi connectivity index (χ0n) is 16.4. The average molecular weight is 389 g/mol. The third-order valence-electron chi connectivity index (χ3n) is 5.88. The second-order valence-electron chi connectivity index (χ2n) is 7.84. The second-order valence-corrected chi connectivity index (χ2v) is 7.84. The van der Waals surface area contributed by atoms with Gasteiger partial charge in [0.15, 0.2) is 0 Å². The van der Waals surface area contributed by atoms with Crippen molar-refractivity contribution in [2.24, 2.45) is 5.73 Å². The number of fused-ring (bicyclic) bond motifs is 2. The molecule has 29 heavy (non-hydrogen) atoms. The first-order chi connectivity index (χ1) is 14.0. The highest BCUT2D eigenvalue weighted by Gasteiger charge is 2.41. The van der Waals surface area contributed by atoms with Crippen LogP contribution >= 0.6 is 0 Å². The van der Waals surface area contributed by atoms with Crippen LogP contribution in [0.15, 0.2) is 48.7 Å². The number of benzene rings is 2. The molecule has 0 aliphatic carbocycles. The number of hydrogen-bond donors (Lipinski definition) is 1. The van der Waals surface area contributed by atoms with Crippen molar-refractivity contribution in [3.63, 3.8) is 0 Å². The first kappa shape index (κ1) is 17.9. The van der Waals surface area contributed by atoms with Crippen molar-refractivity contribution in [1.82, 2.24) is 9.88 Å². The molecule has 0 unspecified atom stereocenters. The quantitative estimate of drug-likeness (QED) is 0.683. The lowest BCUT2D eigenvalue weighted by molar-refractivity contribution is -0.225. The molecule has 2 aliphatic rings. The standard InChI is InChI=1S/C23H23N3O3/c1-15-10-19-11-16(2-3-18(19)13-25-15)17-4-5-21-20(12-17)14-28-23(29-21)6-8-26(9-7-23)22(24)27/h2-5,10-13H,6-9,14H2,1H3,(H2,24,27). The van der Waals surface area contributed by atoms with Crippen LogP contribution in [-0.2, 0) is 11.3 Å². The van der Waals surface area contributed by atoms with E-state index in [2.05, 4.69) is 41.4 Å². The van der Waals surface area contributed by atoms with Gasteiger partial charge in [0, 0.05) is 48.8 Å². The lowest BCUT2D eigenvalue weighted by Gasteiger charge is -2.43. The molecular weight excluding hydrogens is 366 g/mol. The van der Waals surface area contributed by atoms with Gasteiger partial charge in [0.25, 0.3) is 0 Å². The van der Waals surface area contributed by atoms with Crippen molar-refractivity contribution in [1.29, 1.82) is 0 Å². The molecule has 3 heterocycles. The van der Waals surface area contributed by atoms with Crippen LogP contribution < -0.4 is 10.5 Å². The predicted octanol–water partition coefficient (Wildman–Crippen LogP) is 3.99. The largest absolute Gasteiger partial charge is 0.462 e. The lowest BCUT2D eigenvalue weighted by Crippen LogP contribution is -2.53. The number of amides is 2. The normalized spacial score (nSPS) is 17.8. The minimum Gasteiger partial charge on any atom is -0.462 e. The Kier molecular flexibility index (Phi) is 4.17. The van der Waals surface area contributed by atoms with Crippen molar-refractivity contribution in [3.8, 4) is 16.9 Å². The third-order valence-corrected chi connectivity index (χ3v) is 5.88. The Bertz CT molecular complexity index is 1100. The summed E-state index contributed by atoms with van der Waals surface area (Å²) >= 11 is 0. The van der Waals surface area contributed by atoms with Crippen LogP contribution in [0.4, 0.5) is 4.79 Å². The molecule has 3 aromatic rings. The van der Waals surface area contributed by atoms with E-state index in [1.165, 1.54) is 5.39 Å². The zero-order chi connectivity index (χ0) is 20.0. The van der Waals surface area contributed by atoms with Crippen LogP contribution in [0.3, 0.4) is 0 Å². The van der Waals surface area contributed by atoms with E-state index in [0.717, 1.165) is 33.5 Å². The highest BCUT2D eigenvalue weighted by molar-refractivity contribution is 5.87. The first-order valence-corrected chi connectivity index (χ1v) is 9.88. The maximum atomic E-state index is 11.4. The minimum absolute atomic E-state index is 0.387. The smallest absolute Gasteiger partial charge is 0.314 e. The zero-order valence-corrected chi connectivity index (χ0v) is 16.4. The molecular formula is C23H23N3O3. The third kappa shape index (κ3) is 3.29. The molecule has 0 atom stereocenters. The van der Waals surface area contributed by atoms with Crippen molar-refractivity contribution in [2.45, 2.75) is 32.2 Å². The summed E-state index contributed by atoms with van der Waals surface area (Å²) in [6, 6.07) is 14.4. The van der Waals surface area contributed by atoms with Gasteiger partial charge < -0.3 is 20.1 Å². The van der Waals surface area contributed by atoms with Gasteiger partial charge in [0.05, 0.1) is 6.61 Å². The number of likely N-dealkylation sites (tertiary alicyclic amines) is 1. The number of urea groups is 1. The summed E-state index contributed by atoms with van der Waals surface area (Å²) in [6.45, 7) is 3.60. The van der Waals surface area contributed by atoms with Crippen LogP contribution in [-0.4, -0.2) is 34.8 Å². The molecule has 1 fully saturated rings. The fourth-order valence-electron chi connectivity index (χ4n) is 4.16. The minimum atomic E-state index is -0.659. The molecule has 148 valence electrons. The Morgan fingerprint density at radius 1 is 1.07 bits per heavy atom. The van der Waals surface area contributed by atoms with Crippen LogP contribution in [0.25, 0.3) is 21.9 Å². The molecule has 0 radical (unpaired) electrons. The number of aryl methyl sites for hydroxylation is 1. The van der Waals surface area contributed by atoms with Crippen molar-refractivity contribution in [3.05, 3.63) is 59.9 Å². The molecule has 5 rings (SSSR count). The number of pyridine rings is 1. The van der Waals surface area contributed by atoms with Gasteiger partial charge in [-0.05, 0) is 47.7 Å². The Morgan fingerprint density at radius 2 is 1.83 bits per heavy atom. The summed E-state index contributed by atoms with van der Waals surface area (Å²) in [6.07, 6.45) is 3.15. The van der Waals surface area contributed by atoms with Crippen LogP contribution in [0.1, 0.15) is 24.1 Å². The van der Waals surface area contributed by atoms with E-state index in [-0.39, 0.29) is 6.03 Å². The first-order valence-electron chi connectivity index (χ1n) is 9.88. The SMILES string of the molecule is Cc1cc2cc(-c3ccc4c(c3)COC3(CCN(C(N)=O)CC3)O4)ccc2cn1. The summed E-state index contributed by atoms with van der Waals surface area (Å²) in [5, 5.41) is 2.31. The molecule has 2 amide bonds. The number of primary amides is 1. The van der Waals surface area contributed by atoms with E-state index >= 15 is 0 Å². The van der Waals surface area contributed by atoms with E-state index in [1.54, 1.807) is 4.90 Å². The van der Waals surface area contributed by atoms with Gasteiger partial charge in [-0.2, -0.15) is 0 Å². The van der Waals surface area contributed by atoms with Crippen LogP contribution in [0.5, 0.6) is 5.75 Å². The maximum absolute atomic E-state index is 11.4. The number of rotatable bonds is 1. The summed E-state index contributed by atoms with van der Waals surface area (Å²) in [4.78, 5) is 17.4. The number of ether oxygens (including phenoxy) is 2. The Morgan fingerprint density at radius 3 is 2.62 bits per heavy atom. The second kappa shape index (κ2) is 6.74. The number of aromatic nitrogens is 1. The maximum Gasteiger partial charge on any atom is 0.314 e. The summed E-state index contributed by atoms with van der Waals surface area (Å²) in [5.41, 5.74) is 9.71. The van der Waals surface area contributed by atoms with Crippen molar-refractivity contribution >= 4 is 16.8 Å². The summed E-state index contributed by atoms with van der Waals surface area (Å²) in [5.74, 6) is 0.196. The fraction of sp³-hybridized carbons (Fsp3) is 0.304. The summed E-state index contributed by atoms with van der Waals surface area (Å²) < 4.78 is 12.4. The van der Waals surface area contributed by atoms with Crippen molar-refractivity contribution < 1.29 is 14.3 Å². The van der Waals surface area contributed by atoms with E-state index in [4.69, 9.17) is 15.2 Å². The van der Waals surface area contributed by atoms with Gasteiger partial charge in [-0.25, -0.2) is 4.79 Å². The predicted molar refractivity (Wildman–Crippen MR) is 110 cm³/mol. The topological polar surface area (TPSA) is 77.7 Å². The highest BCUT2D eigenvalue weighted by atomic mass is 16.7.